The van der Waals surface area contributed by atoms with Gasteiger partial charge in [-0.25, -0.2) is 8.78 Å². The zero-order valence-electron chi connectivity index (χ0n) is 9.04. The topological polar surface area (TPSA) is 43.1 Å². The molecule has 2 N–H and O–H groups in total. The highest BCUT2D eigenvalue weighted by Crippen LogP contribution is 2.39. The van der Waals surface area contributed by atoms with Gasteiger partial charge in [0.25, 0.3) is 0 Å². The van der Waals surface area contributed by atoms with Gasteiger partial charge in [-0.3, -0.25) is 4.21 Å². The number of halogens is 2. The molecule has 1 aromatic carbocycles. The molecule has 88 valence electrons. The summed E-state index contributed by atoms with van der Waals surface area (Å²) in [6.07, 6.45) is 0. The summed E-state index contributed by atoms with van der Waals surface area (Å²) >= 11 is 0. The lowest BCUT2D eigenvalue weighted by Gasteiger charge is -2.33. The molecule has 0 bridgehead atoms. The summed E-state index contributed by atoms with van der Waals surface area (Å²) in [5.74, 6) is -1.34. The summed E-state index contributed by atoms with van der Waals surface area (Å²) in [7, 11) is -1.53. The first-order valence-electron chi connectivity index (χ1n) is 5.09. The fraction of sp³-hybridized carbons (Fsp3) is 0.455. The molecule has 0 radical (unpaired) electrons. The van der Waals surface area contributed by atoms with Crippen LogP contribution in [0, 0.1) is 17.6 Å². The number of hydrogen-bond acceptors (Lipinski definition) is 2. The monoisotopic (exact) mass is 245 g/mol. The van der Waals surface area contributed by atoms with E-state index in [0.717, 1.165) is 12.1 Å². The van der Waals surface area contributed by atoms with Crippen molar-refractivity contribution in [2.75, 3.05) is 0 Å². The third-order valence-corrected chi connectivity index (χ3v) is 5.20. The molecule has 1 aliphatic rings. The van der Waals surface area contributed by atoms with Crippen LogP contribution in [0.5, 0.6) is 0 Å². The quantitative estimate of drug-likeness (QED) is 0.760. The van der Waals surface area contributed by atoms with Crippen molar-refractivity contribution < 1.29 is 13.0 Å². The van der Waals surface area contributed by atoms with Gasteiger partial charge in [0.2, 0.25) is 0 Å². The highest BCUT2D eigenvalue weighted by molar-refractivity contribution is 7.85. The molecular weight excluding hydrogens is 232 g/mol. The van der Waals surface area contributed by atoms with Crippen LogP contribution in [0.4, 0.5) is 8.78 Å². The van der Waals surface area contributed by atoms with Crippen LogP contribution in [0.3, 0.4) is 0 Å². The van der Waals surface area contributed by atoms with Crippen LogP contribution in [0.2, 0.25) is 0 Å². The van der Waals surface area contributed by atoms with Crippen molar-refractivity contribution in [1.82, 2.24) is 0 Å². The molecule has 1 aliphatic heterocycles. The number of fused-ring (bicyclic) bond motifs is 1. The van der Waals surface area contributed by atoms with E-state index in [2.05, 4.69) is 0 Å². The predicted octanol–water partition coefficient (Wildman–Crippen LogP) is 2.11. The second-order valence-corrected chi connectivity index (χ2v) is 5.91. The lowest BCUT2D eigenvalue weighted by molar-refractivity contribution is 0.413. The fourth-order valence-corrected chi connectivity index (χ4v) is 3.64. The maximum absolute atomic E-state index is 13.6. The standard InChI is InChI=1S/C11H13F2NOS/c1-5-6(2)16(15)11-8(13)4-3-7(12)9(11)10(5)14/h3-6,10H,14H2,1-2H3. The number of hydrogen-bond donors (Lipinski definition) is 1. The summed E-state index contributed by atoms with van der Waals surface area (Å²) in [6.45, 7) is 3.55. The van der Waals surface area contributed by atoms with Crippen molar-refractivity contribution in [3.05, 3.63) is 29.3 Å². The molecule has 0 fully saturated rings. The maximum atomic E-state index is 13.6. The van der Waals surface area contributed by atoms with Crippen LogP contribution in [-0.4, -0.2) is 9.46 Å². The first-order valence-corrected chi connectivity index (χ1v) is 6.30. The minimum absolute atomic E-state index is 0.0573. The summed E-state index contributed by atoms with van der Waals surface area (Å²) < 4.78 is 39.1. The minimum Gasteiger partial charge on any atom is -0.324 e. The van der Waals surface area contributed by atoms with E-state index in [9.17, 15) is 13.0 Å². The Bertz CT molecular complexity index is 464. The van der Waals surface area contributed by atoms with Gasteiger partial charge in [-0.2, -0.15) is 0 Å². The van der Waals surface area contributed by atoms with Gasteiger partial charge in [0.05, 0.1) is 15.7 Å². The number of benzene rings is 1. The SMILES string of the molecule is CC1C(N)c2c(F)ccc(F)c2S(=O)C1C. The highest BCUT2D eigenvalue weighted by Gasteiger charge is 2.38. The van der Waals surface area contributed by atoms with E-state index in [0.29, 0.717) is 0 Å². The van der Waals surface area contributed by atoms with E-state index >= 15 is 0 Å². The fourth-order valence-electron chi connectivity index (χ4n) is 2.00. The molecule has 4 unspecified atom stereocenters. The van der Waals surface area contributed by atoms with Crippen LogP contribution >= 0.6 is 0 Å². The lowest BCUT2D eigenvalue weighted by Crippen LogP contribution is -2.37. The van der Waals surface area contributed by atoms with E-state index in [1.165, 1.54) is 0 Å². The minimum atomic E-state index is -1.53. The number of rotatable bonds is 0. The van der Waals surface area contributed by atoms with Gasteiger partial charge in [0.15, 0.2) is 0 Å². The van der Waals surface area contributed by atoms with E-state index in [1.807, 2.05) is 0 Å². The van der Waals surface area contributed by atoms with Crippen molar-refractivity contribution in [3.8, 4) is 0 Å². The normalized spacial score (nSPS) is 33.6. The van der Waals surface area contributed by atoms with Crippen molar-refractivity contribution in [2.45, 2.75) is 30.0 Å². The van der Waals surface area contributed by atoms with E-state index in [-0.39, 0.29) is 21.6 Å². The molecule has 0 spiro atoms. The summed E-state index contributed by atoms with van der Waals surface area (Å²) in [6, 6.07) is 1.44. The Morgan fingerprint density at radius 2 is 1.81 bits per heavy atom. The van der Waals surface area contributed by atoms with Gasteiger partial charge in [0, 0.05) is 16.9 Å². The second kappa shape index (κ2) is 3.89. The Hall–Kier alpha value is -0.810. The molecular formula is C11H13F2NOS. The van der Waals surface area contributed by atoms with E-state index in [4.69, 9.17) is 5.73 Å². The molecule has 0 saturated heterocycles. The first kappa shape index (κ1) is 11.7. The lowest BCUT2D eigenvalue weighted by atomic mass is 9.92. The molecule has 1 aromatic rings. The zero-order chi connectivity index (χ0) is 12.0. The van der Waals surface area contributed by atoms with Crippen LogP contribution in [0.25, 0.3) is 0 Å². The molecule has 5 heteroatoms. The molecule has 4 atom stereocenters. The average molecular weight is 245 g/mol. The summed E-state index contributed by atoms with van der Waals surface area (Å²) in [5, 5.41) is -0.265. The van der Waals surface area contributed by atoms with E-state index < -0.39 is 28.5 Å². The Morgan fingerprint density at radius 3 is 2.44 bits per heavy atom. The van der Waals surface area contributed by atoms with Gasteiger partial charge < -0.3 is 5.73 Å². The molecule has 0 aliphatic carbocycles. The zero-order valence-corrected chi connectivity index (χ0v) is 9.85. The summed E-state index contributed by atoms with van der Waals surface area (Å²) in [4.78, 5) is -0.0573. The predicted molar refractivity (Wildman–Crippen MR) is 58.3 cm³/mol. The summed E-state index contributed by atoms with van der Waals surface area (Å²) in [5.41, 5.74) is 5.94. The van der Waals surface area contributed by atoms with Crippen molar-refractivity contribution in [3.63, 3.8) is 0 Å². The van der Waals surface area contributed by atoms with Crippen molar-refractivity contribution in [2.24, 2.45) is 11.7 Å². The molecule has 0 saturated carbocycles. The first-order chi connectivity index (χ1) is 7.45. The largest absolute Gasteiger partial charge is 0.324 e. The van der Waals surface area contributed by atoms with Crippen molar-refractivity contribution in [1.29, 1.82) is 0 Å². The van der Waals surface area contributed by atoms with Crippen LogP contribution < -0.4 is 5.73 Å². The Morgan fingerprint density at radius 1 is 1.25 bits per heavy atom. The van der Waals surface area contributed by atoms with Crippen LogP contribution in [-0.2, 0) is 10.8 Å². The third-order valence-electron chi connectivity index (χ3n) is 3.27. The molecule has 1 heterocycles. The highest BCUT2D eigenvalue weighted by atomic mass is 32.2. The molecule has 16 heavy (non-hydrogen) atoms. The third kappa shape index (κ3) is 1.50. The van der Waals surface area contributed by atoms with Gasteiger partial charge in [-0.1, -0.05) is 13.8 Å². The van der Waals surface area contributed by atoms with E-state index in [1.54, 1.807) is 13.8 Å². The smallest absolute Gasteiger partial charge is 0.139 e. The second-order valence-electron chi connectivity index (χ2n) is 4.16. The van der Waals surface area contributed by atoms with Gasteiger partial charge in [-0.05, 0) is 18.1 Å². The Labute approximate surface area is 95.3 Å². The van der Waals surface area contributed by atoms with Crippen LogP contribution in [0.15, 0.2) is 17.0 Å². The van der Waals surface area contributed by atoms with Gasteiger partial charge in [0.1, 0.15) is 11.6 Å². The Kier molecular flexibility index (Phi) is 2.84. The molecule has 0 amide bonds. The average Bonchev–Trinajstić information content (AvgIpc) is 2.26. The molecule has 2 nitrogen and oxygen atoms in total. The van der Waals surface area contributed by atoms with Crippen molar-refractivity contribution >= 4 is 10.8 Å². The van der Waals surface area contributed by atoms with Crippen LogP contribution in [0.1, 0.15) is 25.5 Å². The number of nitrogens with two attached hydrogens (primary N) is 1. The molecule has 2 rings (SSSR count). The molecule has 0 aromatic heterocycles. The van der Waals surface area contributed by atoms with Gasteiger partial charge in [-0.15, -0.1) is 0 Å². The maximum Gasteiger partial charge on any atom is 0.139 e. The Balaban J connectivity index is 2.72. The van der Waals surface area contributed by atoms with Gasteiger partial charge >= 0.3 is 0 Å².